The van der Waals surface area contributed by atoms with Crippen LogP contribution in [0.25, 0.3) is 0 Å². The van der Waals surface area contributed by atoms with Gasteiger partial charge in [0.1, 0.15) is 0 Å². The molecule has 0 saturated heterocycles. The van der Waals surface area contributed by atoms with Gasteiger partial charge in [0.2, 0.25) is 0 Å². The predicted molar refractivity (Wildman–Crippen MR) is 30.1 cm³/mol. The van der Waals surface area contributed by atoms with Gasteiger partial charge in [-0.25, -0.2) is 0 Å². The number of aliphatic hydroxyl groups is 1. The number of aliphatic hydroxyl groups excluding tert-OH is 1. The number of ether oxygens (including phenoxy) is 1. The van der Waals surface area contributed by atoms with Crippen LogP contribution in [0.3, 0.4) is 0 Å². The summed E-state index contributed by atoms with van der Waals surface area (Å²) in [5.74, 6) is -0.0741. The fraction of sp³-hybridized carbons (Fsp3) is 0. The van der Waals surface area contributed by atoms with Crippen molar-refractivity contribution in [1.29, 1.82) is 0 Å². The second-order valence-corrected chi connectivity index (χ2v) is 1.34. The van der Waals surface area contributed by atoms with Crippen molar-refractivity contribution in [3.63, 3.8) is 0 Å². The zero-order chi connectivity index (χ0) is 5.82. The number of hydrogen-bond acceptors (Lipinski definition) is 2. The molecule has 0 spiro atoms. The summed E-state index contributed by atoms with van der Waals surface area (Å²) < 4.78 is 4.58. The van der Waals surface area contributed by atoms with Crippen LogP contribution in [0.4, 0.5) is 0 Å². The maximum atomic E-state index is 8.63. The summed E-state index contributed by atoms with van der Waals surface area (Å²) >= 11 is 0. The minimum absolute atomic E-state index is 0. The number of rotatable bonds is 0. The Balaban J connectivity index is 0.000000640. The fourth-order valence-electron chi connectivity index (χ4n) is 0.396. The first-order valence-electron chi connectivity index (χ1n) is 2.29. The molecule has 3 heteroatoms. The van der Waals surface area contributed by atoms with Gasteiger partial charge in [0.15, 0.2) is 0 Å². The van der Waals surface area contributed by atoms with Crippen molar-refractivity contribution in [2.24, 2.45) is 0 Å². The van der Waals surface area contributed by atoms with Gasteiger partial charge in [-0.1, -0.05) is 12.2 Å². The van der Waals surface area contributed by atoms with Gasteiger partial charge >= 0.3 is 0 Å². The molecule has 0 radical (unpaired) electrons. The van der Waals surface area contributed by atoms with Gasteiger partial charge in [-0.2, -0.15) is 0 Å². The van der Waals surface area contributed by atoms with Crippen LogP contribution in [-0.2, 0) is 25.8 Å². The Bertz CT molecular complexity index is 158. The van der Waals surface area contributed by atoms with Gasteiger partial charge in [0.25, 0.3) is 5.95 Å². The molecule has 52 valence electrons. The molecule has 0 aromatic rings. The molecular weight excluding hydrogens is 299 g/mol. The fourth-order valence-corrected chi connectivity index (χ4v) is 0.396. The van der Waals surface area contributed by atoms with Gasteiger partial charge in [-0.05, 0) is 6.08 Å². The van der Waals surface area contributed by atoms with E-state index in [1.54, 1.807) is 18.2 Å². The van der Waals surface area contributed by atoms with Gasteiger partial charge < -0.3 is 9.84 Å². The van der Waals surface area contributed by atoms with Crippen LogP contribution in [0.1, 0.15) is 0 Å². The standard InChI is InChI=1S/C6H6O2.Pt/c7-6-4-2-1-3-5-8-6;/h1-5,7H;. The molecule has 1 aliphatic heterocycles. The van der Waals surface area contributed by atoms with Crippen molar-refractivity contribution in [2.45, 2.75) is 0 Å². The smallest absolute Gasteiger partial charge is 0.281 e. The van der Waals surface area contributed by atoms with Gasteiger partial charge in [0, 0.05) is 27.1 Å². The third kappa shape index (κ3) is 3.15. The normalized spacial score (nSPS) is 14.9. The van der Waals surface area contributed by atoms with E-state index in [0.29, 0.717) is 0 Å². The van der Waals surface area contributed by atoms with Crippen molar-refractivity contribution in [2.75, 3.05) is 0 Å². The molecule has 0 saturated carbocycles. The summed E-state index contributed by atoms with van der Waals surface area (Å²) in [6.07, 6.45) is 8.04. The molecule has 1 aliphatic rings. The van der Waals surface area contributed by atoms with E-state index in [2.05, 4.69) is 4.74 Å². The van der Waals surface area contributed by atoms with E-state index in [1.807, 2.05) is 0 Å². The zero-order valence-electron chi connectivity index (χ0n) is 4.56. The van der Waals surface area contributed by atoms with Crippen LogP contribution in [-0.4, -0.2) is 5.11 Å². The maximum Gasteiger partial charge on any atom is 0.281 e. The third-order valence-corrected chi connectivity index (χ3v) is 0.728. The molecule has 0 aliphatic carbocycles. The van der Waals surface area contributed by atoms with Gasteiger partial charge in [0.05, 0.1) is 6.26 Å². The summed E-state index contributed by atoms with van der Waals surface area (Å²) in [5, 5.41) is 8.63. The topological polar surface area (TPSA) is 29.5 Å². The maximum absolute atomic E-state index is 8.63. The molecule has 0 aromatic carbocycles. The van der Waals surface area contributed by atoms with Crippen LogP contribution in [0.2, 0.25) is 0 Å². The Kier molecular flexibility index (Phi) is 4.15. The van der Waals surface area contributed by atoms with E-state index in [4.69, 9.17) is 5.11 Å². The minimum atomic E-state index is -0.0741. The first-order valence-corrected chi connectivity index (χ1v) is 2.29. The molecule has 2 nitrogen and oxygen atoms in total. The van der Waals surface area contributed by atoms with Crippen molar-refractivity contribution in [3.05, 3.63) is 36.5 Å². The molecule has 0 atom stereocenters. The van der Waals surface area contributed by atoms with E-state index in [-0.39, 0.29) is 27.0 Å². The summed E-state index contributed by atoms with van der Waals surface area (Å²) in [5.41, 5.74) is 0. The van der Waals surface area contributed by atoms with E-state index in [0.717, 1.165) is 0 Å². The van der Waals surface area contributed by atoms with Crippen LogP contribution in [0.15, 0.2) is 36.5 Å². The first-order chi connectivity index (χ1) is 3.89. The number of allylic oxidation sites excluding steroid dienone is 4. The molecule has 0 fully saturated rings. The molecule has 1 heterocycles. The summed E-state index contributed by atoms with van der Waals surface area (Å²) in [7, 11) is 0. The second-order valence-electron chi connectivity index (χ2n) is 1.34. The second kappa shape index (κ2) is 4.39. The van der Waals surface area contributed by atoms with Crippen molar-refractivity contribution in [3.8, 4) is 0 Å². The Labute approximate surface area is 67.8 Å². The molecule has 9 heavy (non-hydrogen) atoms. The van der Waals surface area contributed by atoms with Crippen LogP contribution in [0.5, 0.6) is 0 Å². The molecule has 1 rings (SSSR count). The predicted octanol–water partition coefficient (Wildman–Crippen LogP) is 1.48. The quantitative estimate of drug-likeness (QED) is 0.735. The average Bonchev–Trinajstić information content (AvgIpc) is 1.94. The summed E-state index contributed by atoms with van der Waals surface area (Å²) in [4.78, 5) is 0. The zero-order valence-corrected chi connectivity index (χ0v) is 6.83. The summed E-state index contributed by atoms with van der Waals surface area (Å²) in [6.45, 7) is 0. The number of hydrogen-bond donors (Lipinski definition) is 1. The molecule has 0 aromatic heterocycles. The van der Waals surface area contributed by atoms with Crippen molar-refractivity contribution < 1.29 is 30.9 Å². The van der Waals surface area contributed by atoms with Crippen LogP contribution in [0, 0.1) is 0 Å². The minimum Gasteiger partial charge on any atom is -0.481 e. The molecule has 0 unspecified atom stereocenters. The summed E-state index contributed by atoms with van der Waals surface area (Å²) in [6, 6.07) is 0. The monoisotopic (exact) mass is 305 g/mol. The van der Waals surface area contributed by atoms with Crippen LogP contribution >= 0.6 is 0 Å². The van der Waals surface area contributed by atoms with E-state index in [9.17, 15) is 0 Å². The first kappa shape index (κ1) is 8.51. The van der Waals surface area contributed by atoms with E-state index < -0.39 is 0 Å². The van der Waals surface area contributed by atoms with Crippen molar-refractivity contribution >= 4 is 0 Å². The Morgan fingerprint density at radius 2 is 2.00 bits per heavy atom. The third-order valence-electron chi connectivity index (χ3n) is 0.728. The SMILES string of the molecule is OC1=CC=CC=CO1.[Pt]. The van der Waals surface area contributed by atoms with Crippen LogP contribution < -0.4 is 0 Å². The van der Waals surface area contributed by atoms with Gasteiger partial charge in [-0.15, -0.1) is 0 Å². The largest absolute Gasteiger partial charge is 0.481 e. The molecule has 0 bridgehead atoms. The average molecular weight is 305 g/mol. The molecule has 1 N–H and O–H groups in total. The Hall–Kier alpha value is -0.492. The molecular formula is C6H6O2Pt. The van der Waals surface area contributed by atoms with E-state index >= 15 is 0 Å². The van der Waals surface area contributed by atoms with Gasteiger partial charge in [-0.3, -0.25) is 0 Å². The Morgan fingerprint density at radius 1 is 1.22 bits per heavy atom. The van der Waals surface area contributed by atoms with Crippen molar-refractivity contribution in [1.82, 2.24) is 0 Å². The Morgan fingerprint density at radius 3 is 2.78 bits per heavy atom. The van der Waals surface area contributed by atoms with E-state index in [1.165, 1.54) is 12.3 Å². The molecule has 0 amide bonds.